The van der Waals surface area contributed by atoms with Crippen molar-refractivity contribution in [2.75, 3.05) is 0 Å². The Kier molecular flexibility index (Phi) is 5.83. The second kappa shape index (κ2) is 10.6. The van der Waals surface area contributed by atoms with Crippen LogP contribution in [-0.2, 0) is 0 Å². The molecule has 0 bridgehead atoms. The van der Waals surface area contributed by atoms with Crippen LogP contribution in [0.1, 0.15) is 0 Å². The lowest BCUT2D eigenvalue weighted by molar-refractivity contribution is 1.01. The number of hydrogen-bond acceptors (Lipinski definition) is 3. The Hall–Kier alpha value is -6.36. The van der Waals surface area contributed by atoms with Crippen LogP contribution < -0.4 is 0 Å². The van der Waals surface area contributed by atoms with Crippen molar-refractivity contribution < 1.29 is 0 Å². The minimum Gasteiger partial charge on any atom is -0.278 e. The van der Waals surface area contributed by atoms with Gasteiger partial charge in [-0.2, -0.15) is 0 Å². The molecule has 0 aliphatic carbocycles. The standard InChI is InChI=1S/C46H27N3S/c1-2-14-29(15-3-1)44-36-20-8-10-23-38(36)47-46(48-44)49-39-26-25-28-13-4-5-16-30(28)42(39)43-33-19-7-6-17-31(33)37(27-40(43)49)35-22-12-21-34-32-18-9-11-24-41(32)50-45(34)35/h1-27H. The van der Waals surface area contributed by atoms with Gasteiger partial charge in [0.25, 0.3) is 0 Å². The highest BCUT2D eigenvalue weighted by Crippen LogP contribution is 2.47. The Balaban J connectivity index is 1.33. The van der Waals surface area contributed by atoms with Crippen LogP contribution in [0.5, 0.6) is 0 Å². The van der Waals surface area contributed by atoms with Gasteiger partial charge in [-0.3, -0.25) is 4.57 Å². The lowest BCUT2D eigenvalue weighted by atomic mass is 9.93. The topological polar surface area (TPSA) is 30.7 Å². The van der Waals surface area contributed by atoms with Crippen molar-refractivity contribution in [3.63, 3.8) is 0 Å². The first-order valence-electron chi connectivity index (χ1n) is 16.9. The molecule has 8 aromatic carbocycles. The Morgan fingerprint density at radius 2 is 1.12 bits per heavy atom. The van der Waals surface area contributed by atoms with Crippen molar-refractivity contribution in [1.82, 2.24) is 14.5 Å². The molecular formula is C46H27N3S. The number of benzene rings is 8. The number of para-hydroxylation sites is 1. The smallest absolute Gasteiger partial charge is 0.235 e. The van der Waals surface area contributed by atoms with E-state index in [4.69, 9.17) is 9.97 Å². The van der Waals surface area contributed by atoms with Gasteiger partial charge in [0.2, 0.25) is 5.95 Å². The van der Waals surface area contributed by atoms with Crippen molar-refractivity contribution >= 4 is 85.8 Å². The number of aromatic nitrogens is 3. The summed E-state index contributed by atoms with van der Waals surface area (Å²) in [5.41, 5.74) is 7.56. The fourth-order valence-corrected chi connectivity index (χ4v) is 9.25. The molecule has 3 heterocycles. The van der Waals surface area contributed by atoms with E-state index < -0.39 is 0 Å². The molecular weight excluding hydrogens is 627 g/mol. The predicted octanol–water partition coefficient (Wildman–Crippen LogP) is 12.7. The van der Waals surface area contributed by atoms with Crippen molar-refractivity contribution in [2.24, 2.45) is 0 Å². The Morgan fingerprint density at radius 1 is 0.440 bits per heavy atom. The van der Waals surface area contributed by atoms with Crippen LogP contribution in [0, 0.1) is 0 Å². The number of thiophene rings is 1. The maximum Gasteiger partial charge on any atom is 0.235 e. The van der Waals surface area contributed by atoms with Gasteiger partial charge in [0.1, 0.15) is 0 Å². The molecule has 11 aromatic rings. The van der Waals surface area contributed by atoms with Gasteiger partial charge in [-0.1, -0.05) is 140 Å². The maximum absolute atomic E-state index is 5.41. The molecule has 0 atom stereocenters. The van der Waals surface area contributed by atoms with E-state index in [1.165, 1.54) is 63.6 Å². The van der Waals surface area contributed by atoms with Crippen LogP contribution in [0.2, 0.25) is 0 Å². The third-order valence-electron chi connectivity index (χ3n) is 10.2. The van der Waals surface area contributed by atoms with E-state index >= 15 is 0 Å². The summed E-state index contributed by atoms with van der Waals surface area (Å²) >= 11 is 1.87. The molecule has 0 N–H and O–H groups in total. The van der Waals surface area contributed by atoms with Gasteiger partial charge in [-0.05, 0) is 51.4 Å². The third kappa shape index (κ3) is 3.91. The average molecular weight is 654 g/mol. The molecule has 0 amide bonds. The second-order valence-electron chi connectivity index (χ2n) is 12.9. The highest BCUT2D eigenvalue weighted by atomic mass is 32.1. The largest absolute Gasteiger partial charge is 0.278 e. The summed E-state index contributed by atoms with van der Waals surface area (Å²) < 4.78 is 4.91. The fourth-order valence-electron chi connectivity index (χ4n) is 8.02. The first kappa shape index (κ1) is 27.6. The number of nitrogens with zero attached hydrogens (tertiary/aromatic N) is 3. The molecule has 0 radical (unpaired) electrons. The molecule has 232 valence electrons. The first-order chi connectivity index (χ1) is 24.8. The predicted molar refractivity (Wildman–Crippen MR) is 213 cm³/mol. The van der Waals surface area contributed by atoms with Gasteiger partial charge in [-0.25, -0.2) is 9.97 Å². The highest BCUT2D eigenvalue weighted by Gasteiger charge is 2.23. The molecule has 0 saturated heterocycles. The molecule has 4 heteroatoms. The van der Waals surface area contributed by atoms with Gasteiger partial charge in [0, 0.05) is 47.5 Å². The van der Waals surface area contributed by atoms with E-state index in [2.05, 4.69) is 168 Å². The molecule has 3 nitrogen and oxygen atoms in total. The summed E-state index contributed by atoms with van der Waals surface area (Å²) in [5, 5.41) is 11.0. The molecule has 3 aromatic heterocycles. The zero-order chi connectivity index (χ0) is 32.8. The van der Waals surface area contributed by atoms with Crippen LogP contribution in [-0.4, -0.2) is 14.5 Å². The first-order valence-corrected chi connectivity index (χ1v) is 17.7. The van der Waals surface area contributed by atoms with Crippen LogP contribution >= 0.6 is 11.3 Å². The van der Waals surface area contributed by atoms with Crippen LogP contribution in [0.3, 0.4) is 0 Å². The monoisotopic (exact) mass is 653 g/mol. The molecule has 50 heavy (non-hydrogen) atoms. The third-order valence-corrected chi connectivity index (χ3v) is 11.4. The van der Waals surface area contributed by atoms with Crippen molar-refractivity contribution in [1.29, 1.82) is 0 Å². The molecule has 0 unspecified atom stereocenters. The molecule has 0 spiro atoms. The van der Waals surface area contributed by atoms with E-state index in [0.717, 1.165) is 33.2 Å². The van der Waals surface area contributed by atoms with E-state index in [1.54, 1.807) is 0 Å². The summed E-state index contributed by atoms with van der Waals surface area (Å²) in [4.78, 5) is 10.7. The van der Waals surface area contributed by atoms with Gasteiger partial charge in [0.15, 0.2) is 0 Å². The van der Waals surface area contributed by atoms with E-state index in [-0.39, 0.29) is 0 Å². The second-order valence-corrected chi connectivity index (χ2v) is 14.0. The highest BCUT2D eigenvalue weighted by molar-refractivity contribution is 7.26. The number of fused-ring (bicyclic) bond motifs is 11. The minimum atomic E-state index is 0.666. The zero-order valence-corrected chi connectivity index (χ0v) is 27.7. The van der Waals surface area contributed by atoms with Crippen molar-refractivity contribution in [3.05, 3.63) is 164 Å². The van der Waals surface area contributed by atoms with Crippen molar-refractivity contribution in [2.45, 2.75) is 0 Å². The Labute approximate surface area is 291 Å². The van der Waals surface area contributed by atoms with Crippen LogP contribution in [0.15, 0.2) is 164 Å². The SMILES string of the molecule is c1ccc(-c2nc(-n3c4ccc5ccccc5c4c4c5ccccc5c(-c5cccc6c5sc5ccccc56)cc43)nc3ccccc23)cc1. The van der Waals surface area contributed by atoms with E-state index in [9.17, 15) is 0 Å². The zero-order valence-electron chi connectivity index (χ0n) is 26.8. The summed E-state index contributed by atoms with van der Waals surface area (Å²) in [6.07, 6.45) is 0. The van der Waals surface area contributed by atoms with Crippen LogP contribution in [0.4, 0.5) is 0 Å². The van der Waals surface area contributed by atoms with Gasteiger partial charge in [-0.15, -0.1) is 11.3 Å². The maximum atomic E-state index is 5.41. The molecule has 11 rings (SSSR count). The molecule has 0 fully saturated rings. The summed E-state index contributed by atoms with van der Waals surface area (Å²) in [6.45, 7) is 0. The summed E-state index contributed by atoms with van der Waals surface area (Å²) in [7, 11) is 0. The van der Waals surface area contributed by atoms with Crippen molar-refractivity contribution in [3.8, 4) is 28.3 Å². The van der Waals surface area contributed by atoms with E-state index in [0.29, 0.717) is 5.95 Å². The lowest BCUT2D eigenvalue weighted by Gasteiger charge is -2.14. The summed E-state index contributed by atoms with van der Waals surface area (Å²) in [5.74, 6) is 0.666. The Bertz CT molecular complexity index is 3150. The minimum absolute atomic E-state index is 0.666. The summed E-state index contributed by atoms with van der Waals surface area (Å²) in [6, 6.07) is 58.8. The molecule has 0 aliphatic heterocycles. The van der Waals surface area contributed by atoms with E-state index in [1.807, 2.05) is 11.3 Å². The van der Waals surface area contributed by atoms with Gasteiger partial charge in [0.05, 0.1) is 22.2 Å². The normalized spacial score (nSPS) is 12.0. The lowest BCUT2D eigenvalue weighted by Crippen LogP contribution is -2.03. The van der Waals surface area contributed by atoms with Gasteiger partial charge >= 0.3 is 0 Å². The molecule has 0 saturated carbocycles. The van der Waals surface area contributed by atoms with Crippen LogP contribution in [0.25, 0.3) is 103 Å². The fraction of sp³-hybridized carbons (Fsp3) is 0. The number of hydrogen-bond donors (Lipinski definition) is 0. The quantitative estimate of drug-likeness (QED) is 0.190. The van der Waals surface area contributed by atoms with Gasteiger partial charge < -0.3 is 0 Å². The Morgan fingerprint density at radius 3 is 2.00 bits per heavy atom. The number of rotatable bonds is 3. The average Bonchev–Trinajstić information content (AvgIpc) is 3.74. The molecule has 0 aliphatic rings.